The number of likely N-dealkylation sites (tertiary alicyclic amines) is 1. The lowest BCUT2D eigenvalue weighted by Crippen LogP contribution is -2.29. The Balaban J connectivity index is 1.36. The van der Waals surface area contributed by atoms with Gasteiger partial charge >= 0.3 is 0 Å². The van der Waals surface area contributed by atoms with Crippen molar-refractivity contribution in [1.29, 1.82) is 0 Å². The van der Waals surface area contributed by atoms with Gasteiger partial charge in [-0.3, -0.25) is 0 Å². The monoisotopic (exact) mass is 379 g/mol. The van der Waals surface area contributed by atoms with Gasteiger partial charge in [-0.2, -0.15) is 0 Å². The third-order valence-corrected chi connectivity index (χ3v) is 5.96. The van der Waals surface area contributed by atoms with Crippen LogP contribution in [0.15, 0.2) is 30.5 Å². The number of nitrogens with zero attached hydrogens (tertiary/aromatic N) is 4. The number of benzene rings is 1. The van der Waals surface area contributed by atoms with Crippen LogP contribution in [0.1, 0.15) is 44.1 Å². The van der Waals surface area contributed by atoms with Crippen LogP contribution in [-0.4, -0.2) is 54.1 Å². The standard InChI is InChI=1S/C23H33N5/c1-19-18-25-23(26-22(19)24-12-7-15-27-13-5-6-14-27)20-8-10-21(11-9-20)28-16-3-2-4-17-28/h8-11,18H,2-7,12-17H2,1H3,(H,24,25,26). The van der Waals surface area contributed by atoms with Crippen molar-refractivity contribution in [3.05, 3.63) is 36.0 Å². The van der Waals surface area contributed by atoms with E-state index in [0.29, 0.717) is 0 Å². The fourth-order valence-corrected chi connectivity index (χ4v) is 4.25. The first-order valence-corrected chi connectivity index (χ1v) is 10.9. The lowest BCUT2D eigenvalue weighted by Gasteiger charge is -2.28. The molecule has 2 saturated heterocycles. The van der Waals surface area contributed by atoms with Crippen molar-refractivity contribution in [3.63, 3.8) is 0 Å². The molecule has 1 aromatic carbocycles. The molecule has 2 aliphatic rings. The molecule has 2 aliphatic heterocycles. The molecule has 4 rings (SSSR count). The molecule has 0 atom stereocenters. The summed E-state index contributed by atoms with van der Waals surface area (Å²) in [5.74, 6) is 1.77. The molecule has 28 heavy (non-hydrogen) atoms. The summed E-state index contributed by atoms with van der Waals surface area (Å²) >= 11 is 0. The lowest BCUT2D eigenvalue weighted by molar-refractivity contribution is 0.337. The fourth-order valence-electron chi connectivity index (χ4n) is 4.25. The van der Waals surface area contributed by atoms with Crippen LogP contribution in [0, 0.1) is 6.92 Å². The second-order valence-electron chi connectivity index (χ2n) is 8.15. The van der Waals surface area contributed by atoms with E-state index in [0.717, 1.165) is 35.7 Å². The Kier molecular flexibility index (Phi) is 6.42. The normalized spacial score (nSPS) is 17.8. The summed E-state index contributed by atoms with van der Waals surface area (Å²) in [6.45, 7) is 9.10. The molecular weight excluding hydrogens is 346 g/mol. The van der Waals surface area contributed by atoms with Gasteiger partial charge in [0, 0.05) is 42.6 Å². The zero-order valence-electron chi connectivity index (χ0n) is 17.2. The van der Waals surface area contributed by atoms with Crippen molar-refractivity contribution in [2.24, 2.45) is 0 Å². The van der Waals surface area contributed by atoms with Gasteiger partial charge in [0.25, 0.3) is 0 Å². The molecule has 150 valence electrons. The van der Waals surface area contributed by atoms with Crippen molar-refractivity contribution in [3.8, 4) is 11.4 Å². The van der Waals surface area contributed by atoms with Crippen LogP contribution in [-0.2, 0) is 0 Å². The van der Waals surface area contributed by atoms with Crippen LogP contribution in [0.25, 0.3) is 11.4 Å². The molecule has 2 aromatic rings. The zero-order chi connectivity index (χ0) is 19.2. The summed E-state index contributed by atoms with van der Waals surface area (Å²) in [6, 6.07) is 8.75. The van der Waals surface area contributed by atoms with Crippen LogP contribution in [0.4, 0.5) is 11.5 Å². The molecule has 0 aliphatic carbocycles. The number of anilines is 2. The largest absolute Gasteiger partial charge is 0.372 e. The van der Waals surface area contributed by atoms with Crippen molar-refractivity contribution >= 4 is 11.5 Å². The lowest BCUT2D eigenvalue weighted by atomic mass is 10.1. The average molecular weight is 380 g/mol. The molecule has 1 aromatic heterocycles. The molecule has 0 unspecified atom stereocenters. The van der Waals surface area contributed by atoms with E-state index in [9.17, 15) is 0 Å². The second kappa shape index (κ2) is 9.37. The van der Waals surface area contributed by atoms with E-state index in [4.69, 9.17) is 4.98 Å². The van der Waals surface area contributed by atoms with Gasteiger partial charge in [-0.25, -0.2) is 9.97 Å². The minimum Gasteiger partial charge on any atom is -0.372 e. The Bertz CT molecular complexity index is 746. The van der Waals surface area contributed by atoms with Crippen LogP contribution in [0.3, 0.4) is 0 Å². The first-order valence-electron chi connectivity index (χ1n) is 10.9. The minimum atomic E-state index is 0.804. The average Bonchev–Trinajstić information content (AvgIpc) is 3.27. The summed E-state index contributed by atoms with van der Waals surface area (Å²) in [5.41, 5.74) is 3.51. The van der Waals surface area contributed by atoms with E-state index in [1.165, 1.54) is 70.5 Å². The zero-order valence-corrected chi connectivity index (χ0v) is 17.2. The molecule has 0 amide bonds. The van der Waals surface area contributed by atoms with Crippen LogP contribution in [0.2, 0.25) is 0 Å². The van der Waals surface area contributed by atoms with Gasteiger partial charge in [-0.15, -0.1) is 0 Å². The van der Waals surface area contributed by atoms with Gasteiger partial charge in [0.15, 0.2) is 5.82 Å². The number of nitrogens with one attached hydrogen (secondary N) is 1. The second-order valence-corrected chi connectivity index (χ2v) is 8.15. The van der Waals surface area contributed by atoms with E-state index in [1.807, 2.05) is 6.20 Å². The summed E-state index contributed by atoms with van der Waals surface area (Å²) < 4.78 is 0. The number of hydrogen-bond acceptors (Lipinski definition) is 5. The van der Waals surface area contributed by atoms with E-state index in [-0.39, 0.29) is 0 Å². The van der Waals surface area contributed by atoms with Gasteiger partial charge in [0.1, 0.15) is 5.82 Å². The molecule has 5 heteroatoms. The van der Waals surface area contributed by atoms with Crippen molar-refractivity contribution < 1.29 is 0 Å². The maximum atomic E-state index is 4.80. The Morgan fingerprint density at radius 3 is 2.39 bits per heavy atom. The number of piperidine rings is 1. The van der Waals surface area contributed by atoms with Crippen molar-refractivity contribution in [1.82, 2.24) is 14.9 Å². The highest BCUT2D eigenvalue weighted by molar-refractivity contribution is 5.62. The predicted molar refractivity (Wildman–Crippen MR) is 117 cm³/mol. The Labute approximate surface area is 169 Å². The third kappa shape index (κ3) is 4.82. The molecule has 2 fully saturated rings. The van der Waals surface area contributed by atoms with E-state index in [1.54, 1.807) is 0 Å². The molecule has 0 radical (unpaired) electrons. The molecule has 1 N–H and O–H groups in total. The summed E-state index contributed by atoms with van der Waals surface area (Å²) in [5, 5.41) is 3.52. The van der Waals surface area contributed by atoms with Crippen molar-refractivity contribution in [2.75, 3.05) is 49.5 Å². The summed E-state index contributed by atoms with van der Waals surface area (Å²) in [4.78, 5) is 14.4. The van der Waals surface area contributed by atoms with E-state index >= 15 is 0 Å². The number of aromatic nitrogens is 2. The highest BCUT2D eigenvalue weighted by Gasteiger charge is 2.13. The number of hydrogen-bond donors (Lipinski definition) is 1. The molecule has 3 heterocycles. The summed E-state index contributed by atoms with van der Waals surface area (Å²) in [6.07, 6.45) is 9.77. The Morgan fingerprint density at radius 1 is 0.929 bits per heavy atom. The topological polar surface area (TPSA) is 44.3 Å². The SMILES string of the molecule is Cc1cnc(-c2ccc(N3CCCCC3)cc2)nc1NCCCN1CCCC1. The molecule has 0 bridgehead atoms. The van der Waals surface area contributed by atoms with Gasteiger partial charge in [0.05, 0.1) is 0 Å². The first kappa shape index (κ1) is 19.2. The quantitative estimate of drug-likeness (QED) is 0.725. The summed E-state index contributed by atoms with van der Waals surface area (Å²) in [7, 11) is 0. The highest BCUT2D eigenvalue weighted by atomic mass is 15.1. The number of rotatable bonds is 7. The van der Waals surface area contributed by atoms with Crippen LogP contribution in [0.5, 0.6) is 0 Å². The highest BCUT2D eigenvalue weighted by Crippen LogP contribution is 2.24. The maximum absolute atomic E-state index is 4.80. The predicted octanol–water partition coefficient (Wildman–Crippen LogP) is 4.34. The van der Waals surface area contributed by atoms with Crippen LogP contribution < -0.4 is 10.2 Å². The van der Waals surface area contributed by atoms with Crippen molar-refractivity contribution in [2.45, 2.75) is 45.4 Å². The fraction of sp³-hybridized carbons (Fsp3) is 0.565. The van der Waals surface area contributed by atoms with E-state index < -0.39 is 0 Å². The Hall–Kier alpha value is -2.14. The molecule has 0 spiro atoms. The van der Waals surface area contributed by atoms with Gasteiger partial charge in [-0.1, -0.05) is 0 Å². The van der Waals surface area contributed by atoms with Gasteiger partial charge in [-0.05, 0) is 89.3 Å². The first-order chi connectivity index (χ1) is 13.8. The molecule has 5 nitrogen and oxygen atoms in total. The third-order valence-electron chi connectivity index (χ3n) is 5.96. The van der Waals surface area contributed by atoms with Crippen LogP contribution >= 0.6 is 0 Å². The van der Waals surface area contributed by atoms with E-state index in [2.05, 4.69) is 51.3 Å². The maximum Gasteiger partial charge on any atom is 0.161 e. The molecular formula is C23H33N5. The Morgan fingerprint density at radius 2 is 1.64 bits per heavy atom. The minimum absolute atomic E-state index is 0.804. The molecule has 0 saturated carbocycles. The number of aryl methyl sites for hydroxylation is 1. The van der Waals surface area contributed by atoms with Gasteiger partial charge < -0.3 is 15.1 Å². The smallest absolute Gasteiger partial charge is 0.161 e. The van der Waals surface area contributed by atoms with Gasteiger partial charge in [0.2, 0.25) is 0 Å².